The molecule has 0 radical (unpaired) electrons. The Labute approximate surface area is 112 Å². The molecule has 7 heteroatoms. The summed E-state index contributed by atoms with van der Waals surface area (Å²) in [5.74, 6) is 0.928. The van der Waals surface area contributed by atoms with Gasteiger partial charge in [-0.05, 0) is 18.2 Å². The van der Waals surface area contributed by atoms with Gasteiger partial charge in [0.15, 0.2) is 5.82 Å². The first-order valence-electron chi connectivity index (χ1n) is 4.51. The van der Waals surface area contributed by atoms with Crippen LogP contribution in [0.3, 0.4) is 0 Å². The molecule has 17 heavy (non-hydrogen) atoms. The molecular weight excluding hydrogens is 284 g/mol. The van der Waals surface area contributed by atoms with E-state index in [1.54, 1.807) is 18.4 Å². The number of halogens is 3. The second-order valence-electron chi connectivity index (χ2n) is 2.98. The topological polar surface area (TPSA) is 50.4 Å². The molecule has 0 unspecified atom stereocenters. The Kier molecular flexibility index (Phi) is 3.89. The quantitative estimate of drug-likeness (QED) is 0.526. The van der Waals surface area contributed by atoms with E-state index < -0.39 is 0 Å². The van der Waals surface area contributed by atoms with Gasteiger partial charge in [-0.1, -0.05) is 34.8 Å². The molecule has 0 aliphatic heterocycles. The number of nitrogens with one attached hydrogen (secondary N) is 1. The van der Waals surface area contributed by atoms with Gasteiger partial charge in [0, 0.05) is 0 Å². The molecule has 0 amide bonds. The summed E-state index contributed by atoms with van der Waals surface area (Å²) >= 11 is 17.4. The van der Waals surface area contributed by atoms with Crippen LogP contribution >= 0.6 is 34.8 Å². The lowest BCUT2D eigenvalue weighted by molar-refractivity contribution is 0.560. The second kappa shape index (κ2) is 5.40. The molecule has 4 nitrogen and oxygen atoms in total. The highest BCUT2D eigenvalue weighted by Gasteiger charge is 2.06. The summed E-state index contributed by atoms with van der Waals surface area (Å²) in [6.07, 6.45) is 3.03. The standard InChI is InChI=1S/C10H6Cl3N3O/c11-7-4-8(12)10(15-9(7)13)16-14-5-6-2-1-3-17-6/h1-5H,(H,15,16). The van der Waals surface area contributed by atoms with Gasteiger partial charge in [0.2, 0.25) is 0 Å². The molecule has 0 aliphatic rings. The predicted octanol–water partition coefficient (Wildman–Crippen LogP) is 4.08. The zero-order valence-electron chi connectivity index (χ0n) is 8.32. The van der Waals surface area contributed by atoms with Gasteiger partial charge < -0.3 is 4.42 Å². The monoisotopic (exact) mass is 289 g/mol. The predicted molar refractivity (Wildman–Crippen MR) is 69.2 cm³/mol. The van der Waals surface area contributed by atoms with Crippen LogP contribution in [0.5, 0.6) is 0 Å². The summed E-state index contributed by atoms with van der Waals surface area (Å²) in [7, 11) is 0. The lowest BCUT2D eigenvalue weighted by Gasteiger charge is -2.03. The second-order valence-corrected chi connectivity index (χ2v) is 4.15. The normalized spacial score (nSPS) is 11.0. The Bertz CT molecular complexity index is 540. The number of nitrogens with zero attached hydrogens (tertiary/aromatic N) is 2. The van der Waals surface area contributed by atoms with Crippen LogP contribution in [0.25, 0.3) is 0 Å². The number of rotatable bonds is 3. The summed E-state index contributed by atoms with van der Waals surface area (Å²) in [5, 5.41) is 4.68. The Morgan fingerprint density at radius 1 is 1.29 bits per heavy atom. The molecule has 2 aromatic heterocycles. The average molecular weight is 291 g/mol. The molecule has 88 valence electrons. The van der Waals surface area contributed by atoms with Crippen molar-refractivity contribution in [2.75, 3.05) is 5.43 Å². The molecule has 0 spiro atoms. The average Bonchev–Trinajstić information content (AvgIpc) is 2.78. The molecular formula is C10H6Cl3N3O. The van der Waals surface area contributed by atoms with Crippen molar-refractivity contribution in [1.82, 2.24) is 4.98 Å². The molecule has 0 fully saturated rings. The zero-order valence-corrected chi connectivity index (χ0v) is 10.6. The first-order chi connectivity index (χ1) is 8.16. The van der Waals surface area contributed by atoms with Crippen LogP contribution < -0.4 is 5.43 Å². The van der Waals surface area contributed by atoms with Crippen molar-refractivity contribution in [3.63, 3.8) is 0 Å². The van der Waals surface area contributed by atoms with E-state index in [0.29, 0.717) is 16.6 Å². The Morgan fingerprint density at radius 3 is 2.82 bits per heavy atom. The fraction of sp³-hybridized carbons (Fsp3) is 0. The summed E-state index contributed by atoms with van der Waals surface area (Å²) in [6, 6.07) is 5.00. The van der Waals surface area contributed by atoms with Gasteiger partial charge in [-0.3, -0.25) is 5.43 Å². The van der Waals surface area contributed by atoms with Crippen molar-refractivity contribution in [3.8, 4) is 0 Å². The van der Waals surface area contributed by atoms with Crippen molar-refractivity contribution in [1.29, 1.82) is 0 Å². The van der Waals surface area contributed by atoms with E-state index >= 15 is 0 Å². The van der Waals surface area contributed by atoms with Crippen LogP contribution in [0.2, 0.25) is 15.2 Å². The summed E-state index contributed by atoms with van der Waals surface area (Å²) in [6.45, 7) is 0. The van der Waals surface area contributed by atoms with Gasteiger partial charge in [-0.25, -0.2) is 4.98 Å². The number of pyridine rings is 1. The van der Waals surface area contributed by atoms with Crippen molar-refractivity contribution in [2.24, 2.45) is 5.10 Å². The molecule has 2 aromatic rings. The fourth-order valence-electron chi connectivity index (χ4n) is 1.04. The van der Waals surface area contributed by atoms with E-state index in [2.05, 4.69) is 15.5 Å². The SMILES string of the molecule is Clc1cc(Cl)c(NN=Cc2ccco2)nc1Cl. The molecule has 0 atom stereocenters. The van der Waals surface area contributed by atoms with E-state index in [9.17, 15) is 0 Å². The Hall–Kier alpha value is -1.23. The van der Waals surface area contributed by atoms with Crippen LogP contribution in [0.1, 0.15) is 5.76 Å². The molecule has 0 saturated heterocycles. The number of hydrazone groups is 1. The molecule has 2 rings (SSSR count). The third-order valence-corrected chi connectivity index (χ3v) is 2.75. The van der Waals surface area contributed by atoms with Crippen molar-refractivity contribution in [2.45, 2.75) is 0 Å². The van der Waals surface area contributed by atoms with E-state index in [1.165, 1.54) is 12.3 Å². The van der Waals surface area contributed by atoms with Crippen molar-refractivity contribution >= 4 is 46.8 Å². The molecule has 0 aromatic carbocycles. The lowest BCUT2D eigenvalue weighted by atomic mass is 10.4. The number of furan rings is 1. The maximum Gasteiger partial charge on any atom is 0.166 e. The minimum Gasteiger partial charge on any atom is -0.463 e. The molecule has 2 heterocycles. The fourth-order valence-corrected chi connectivity index (χ4v) is 1.58. The van der Waals surface area contributed by atoms with Crippen LogP contribution in [-0.4, -0.2) is 11.2 Å². The van der Waals surface area contributed by atoms with Crippen LogP contribution in [-0.2, 0) is 0 Å². The maximum atomic E-state index is 5.90. The van der Waals surface area contributed by atoms with E-state index in [4.69, 9.17) is 39.2 Å². The lowest BCUT2D eigenvalue weighted by Crippen LogP contribution is -1.94. The number of hydrogen-bond acceptors (Lipinski definition) is 4. The minimum atomic E-state index is 0.159. The zero-order chi connectivity index (χ0) is 12.3. The Balaban J connectivity index is 2.11. The molecule has 0 saturated carbocycles. The van der Waals surface area contributed by atoms with Crippen LogP contribution in [0, 0.1) is 0 Å². The van der Waals surface area contributed by atoms with Crippen molar-refractivity contribution < 1.29 is 4.42 Å². The van der Waals surface area contributed by atoms with Gasteiger partial charge >= 0.3 is 0 Å². The van der Waals surface area contributed by atoms with Crippen LogP contribution in [0.4, 0.5) is 5.82 Å². The smallest absolute Gasteiger partial charge is 0.166 e. The Morgan fingerprint density at radius 2 is 2.12 bits per heavy atom. The summed E-state index contributed by atoms with van der Waals surface area (Å²) in [4.78, 5) is 3.94. The summed E-state index contributed by atoms with van der Waals surface area (Å²) < 4.78 is 5.05. The van der Waals surface area contributed by atoms with Crippen molar-refractivity contribution in [3.05, 3.63) is 45.4 Å². The highest BCUT2D eigenvalue weighted by atomic mass is 35.5. The van der Waals surface area contributed by atoms with Gasteiger partial charge in [0.1, 0.15) is 10.9 Å². The largest absolute Gasteiger partial charge is 0.463 e. The van der Waals surface area contributed by atoms with Gasteiger partial charge in [0.05, 0.1) is 22.5 Å². The minimum absolute atomic E-state index is 0.159. The maximum absolute atomic E-state index is 5.90. The number of anilines is 1. The molecule has 0 aliphatic carbocycles. The van der Waals surface area contributed by atoms with Gasteiger partial charge in [-0.15, -0.1) is 0 Å². The first-order valence-corrected chi connectivity index (χ1v) is 5.64. The first kappa shape index (κ1) is 12.2. The van der Waals surface area contributed by atoms with E-state index in [-0.39, 0.29) is 10.2 Å². The van der Waals surface area contributed by atoms with E-state index in [1.807, 2.05) is 0 Å². The highest BCUT2D eigenvalue weighted by Crippen LogP contribution is 2.28. The summed E-state index contributed by atoms with van der Waals surface area (Å²) in [5.41, 5.74) is 2.64. The third-order valence-electron chi connectivity index (χ3n) is 1.79. The number of hydrogen-bond donors (Lipinski definition) is 1. The molecule has 0 bridgehead atoms. The number of aromatic nitrogens is 1. The third kappa shape index (κ3) is 3.12. The van der Waals surface area contributed by atoms with E-state index in [0.717, 1.165) is 0 Å². The molecule has 1 N–H and O–H groups in total. The van der Waals surface area contributed by atoms with Gasteiger partial charge in [-0.2, -0.15) is 5.10 Å². The van der Waals surface area contributed by atoms with Crippen LogP contribution in [0.15, 0.2) is 34.0 Å². The highest BCUT2D eigenvalue weighted by molar-refractivity contribution is 6.42. The van der Waals surface area contributed by atoms with Gasteiger partial charge in [0.25, 0.3) is 0 Å².